The Kier molecular flexibility index (Phi) is 25.6. The molecule has 5 N–H and O–H groups in total. The van der Waals surface area contributed by atoms with Crippen LogP contribution in [0.3, 0.4) is 0 Å². The Morgan fingerprint density at radius 3 is 2.13 bits per heavy atom. The van der Waals surface area contributed by atoms with Crippen LogP contribution in [0.1, 0.15) is 196 Å². The SMILES string of the molecule is C=C1C[C@@H](C(=O)N2CCC[C@H](OC(=O)c3ccc(O[C@H](c4ccc(C5CC5)cc4)[C@H](C)NC(=O)[C@H]4CCCO4)cc3)C2)CO1.C[C@H](NC(=O)C(C)(F)F)[C@H](Oc1ccc2c(cnn2-c2cccc(C(=O)NC3CCCC3)c2)c1)c1ccc2c(c1)OCCO2.Cc1ccc(O)c(C(C)(C)C[C@@](O)(CC2=Cc3ccncc3C2)C(F)(F)F)c1. The molecular formula is C90H100F5N7O14. The number of carbonyl (C=O) groups excluding carboxylic acids is 5. The van der Waals surface area contributed by atoms with Crippen LogP contribution in [-0.4, -0.2) is 147 Å². The number of hydrogen-bond acceptors (Lipinski definition) is 16. The summed E-state index contributed by atoms with van der Waals surface area (Å²) in [6.07, 6.45) is 9.38. The lowest BCUT2D eigenvalue weighted by molar-refractivity contribution is -0.266. The van der Waals surface area contributed by atoms with Crippen LogP contribution in [0.4, 0.5) is 22.0 Å². The van der Waals surface area contributed by atoms with Gasteiger partial charge in [0.05, 0.1) is 59.9 Å². The standard InChI is InChI=1S/C35H42N2O7.C33H34F2N4O5.C22H24F3NO2/c1-22-19-28(21-42-22)34(39)37-17-3-5-30(20-37)44-35(40)27-13-15-29(16-14-27)43-32(23(2)36-33(38)31-6-4-18-41-31)26-11-9-25(10-12-26)24-7-8-24;1-20(37-32(41)33(2,34)35)30(21-10-13-28-29(18-21)43-15-14-42-28)44-26-11-12-27-23(17-26)19-36-39(27)25-9-5-6-22(16-25)31(40)38-24-7-3-4-8-24;1-14-4-5-19(27)18(8-14)20(2,3)13-21(28,22(23,24)25)11-15-9-16-6-7-26-12-17(16)10-15/h9-16,23-24,28,30-32H,1,3-8,17-21H2,2H3,(H,36,38);5-6,9-13,16-20,24,30H,3-4,7-8,14-15H2,1-2H3,(H,37,41)(H,38,40);4-9,12,27-28H,10-11,13H2,1-3H3/t23-,28+,30-,31+,32-;20-,30-;21-/m000/s1. The van der Waals surface area contributed by atoms with Gasteiger partial charge in [-0.15, -0.1) is 0 Å². The summed E-state index contributed by atoms with van der Waals surface area (Å²) in [6.45, 7) is 15.7. The van der Waals surface area contributed by atoms with Gasteiger partial charge in [-0.25, -0.2) is 9.48 Å². The number of likely N-dealkylation sites (tertiary alicyclic amines) is 1. The predicted octanol–water partition coefficient (Wildman–Crippen LogP) is 15.9. The van der Waals surface area contributed by atoms with Crippen molar-refractivity contribution in [3.8, 4) is 34.4 Å². The number of hydrogen-bond donors (Lipinski definition) is 5. The second-order valence-electron chi connectivity index (χ2n) is 32.2. The number of nitrogens with zero attached hydrogens (tertiary/aromatic N) is 4. The van der Waals surface area contributed by atoms with E-state index < -0.39 is 72.2 Å². The molecule has 2 aromatic heterocycles. The number of nitrogens with one attached hydrogen (secondary N) is 3. The minimum Gasteiger partial charge on any atom is -0.508 e. The number of pyridine rings is 1. The third-order valence-electron chi connectivity index (χ3n) is 22.3. The van der Waals surface area contributed by atoms with Gasteiger partial charge in [0.25, 0.3) is 11.8 Å². The highest BCUT2D eigenvalue weighted by atomic mass is 19.4. The van der Waals surface area contributed by atoms with Crippen molar-refractivity contribution in [2.45, 2.75) is 203 Å². The zero-order valence-corrected chi connectivity index (χ0v) is 66.0. The van der Waals surface area contributed by atoms with Gasteiger partial charge in [0.1, 0.15) is 54.9 Å². The molecule has 4 amide bonds. The zero-order chi connectivity index (χ0) is 82.2. The first-order valence-electron chi connectivity index (χ1n) is 39.9. The summed E-state index contributed by atoms with van der Waals surface area (Å²) in [6, 6.07) is 38.9. The molecule has 4 aliphatic heterocycles. The quantitative estimate of drug-likeness (QED) is 0.0278. The summed E-state index contributed by atoms with van der Waals surface area (Å²) in [5.41, 5.74) is 4.84. The molecule has 0 bridgehead atoms. The molecule has 21 nitrogen and oxygen atoms in total. The van der Waals surface area contributed by atoms with Gasteiger partial charge in [0, 0.05) is 62.3 Å². The van der Waals surface area contributed by atoms with Crippen LogP contribution >= 0.6 is 0 Å². The molecule has 2 saturated carbocycles. The number of halogens is 5. The number of fused-ring (bicyclic) bond motifs is 3. The summed E-state index contributed by atoms with van der Waals surface area (Å²) < 4.78 is 112. The molecule has 0 spiro atoms. The number of allylic oxidation sites excluding steroid dienone is 1. The molecular weight excluding hydrogens is 1500 g/mol. The summed E-state index contributed by atoms with van der Waals surface area (Å²) in [7, 11) is 0. The number of rotatable bonds is 24. The predicted molar refractivity (Wildman–Crippen MR) is 425 cm³/mol. The summed E-state index contributed by atoms with van der Waals surface area (Å²) in [4.78, 5) is 69.6. The number of aliphatic hydroxyl groups is 1. The van der Waals surface area contributed by atoms with Crippen LogP contribution in [0.2, 0.25) is 0 Å². The highest BCUT2D eigenvalue weighted by Gasteiger charge is 2.56. The van der Waals surface area contributed by atoms with Crippen molar-refractivity contribution in [3.63, 3.8) is 0 Å². The number of piperidine rings is 1. The van der Waals surface area contributed by atoms with Gasteiger partial charge in [-0.1, -0.05) is 99.0 Å². The van der Waals surface area contributed by atoms with E-state index in [1.807, 2.05) is 38.1 Å². The number of aromatic hydroxyl groups is 1. The maximum absolute atomic E-state index is 14.0. The second kappa shape index (κ2) is 35.7. The lowest BCUT2D eigenvalue weighted by atomic mass is 9.72. The molecule has 8 aromatic rings. The van der Waals surface area contributed by atoms with Crippen LogP contribution < -0.4 is 34.9 Å². The molecule has 8 atom stereocenters. The molecule has 6 aromatic carbocycles. The Hall–Kier alpha value is -10.9. The molecule has 7 aliphatic rings. The number of amides is 4. The molecule has 3 saturated heterocycles. The van der Waals surface area contributed by atoms with E-state index in [1.165, 1.54) is 24.5 Å². The molecule has 0 radical (unpaired) electrons. The van der Waals surface area contributed by atoms with Crippen LogP contribution in [-0.2, 0) is 40.4 Å². The normalized spacial score (nSPS) is 19.6. The van der Waals surface area contributed by atoms with Gasteiger partial charge in [-0.3, -0.25) is 24.2 Å². The van der Waals surface area contributed by atoms with E-state index in [1.54, 1.807) is 134 Å². The first-order chi connectivity index (χ1) is 55.4. The Morgan fingerprint density at radius 2 is 1.43 bits per heavy atom. The maximum atomic E-state index is 14.0. The van der Waals surface area contributed by atoms with Crippen LogP contribution in [0, 0.1) is 12.8 Å². The maximum Gasteiger partial charge on any atom is 0.417 e. The van der Waals surface area contributed by atoms with Crippen LogP contribution in [0.5, 0.6) is 28.7 Å². The minimum atomic E-state index is -4.81. The summed E-state index contributed by atoms with van der Waals surface area (Å²) in [5, 5.41) is 34.9. The molecule has 15 rings (SSSR count). The highest BCUT2D eigenvalue weighted by molar-refractivity contribution is 5.95. The molecule has 614 valence electrons. The fraction of sp³-hybridized carbons (Fsp3) is 0.433. The van der Waals surface area contributed by atoms with Crippen molar-refractivity contribution in [2.75, 3.05) is 39.5 Å². The topological polar surface area (TPSA) is 260 Å². The first kappa shape index (κ1) is 83.1. The molecule has 3 aliphatic carbocycles. The number of ether oxygens (including phenoxy) is 7. The van der Waals surface area contributed by atoms with E-state index in [9.17, 15) is 56.1 Å². The van der Waals surface area contributed by atoms with Crippen molar-refractivity contribution in [1.82, 2.24) is 35.6 Å². The van der Waals surface area contributed by atoms with Gasteiger partial charge in [-0.05, 0) is 215 Å². The van der Waals surface area contributed by atoms with Gasteiger partial charge in [0.15, 0.2) is 17.1 Å². The van der Waals surface area contributed by atoms with E-state index in [0.717, 1.165) is 83.8 Å². The summed E-state index contributed by atoms with van der Waals surface area (Å²) in [5.74, 6) is -2.45. The number of esters is 1. The fourth-order valence-electron chi connectivity index (χ4n) is 16.0. The van der Waals surface area contributed by atoms with Crippen molar-refractivity contribution in [3.05, 3.63) is 220 Å². The first-order valence-corrected chi connectivity index (χ1v) is 39.9. The highest BCUT2D eigenvalue weighted by Crippen LogP contribution is 2.48. The number of aryl methyl sites for hydroxylation is 1. The number of benzene rings is 6. The lowest BCUT2D eigenvalue weighted by Gasteiger charge is -2.38. The fourth-order valence-corrected chi connectivity index (χ4v) is 16.0. The van der Waals surface area contributed by atoms with E-state index in [0.29, 0.717) is 128 Å². The zero-order valence-electron chi connectivity index (χ0n) is 66.0. The van der Waals surface area contributed by atoms with Crippen molar-refractivity contribution >= 4 is 46.6 Å². The van der Waals surface area contributed by atoms with Gasteiger partial charge in [0.2, 0.25) is 11.8 Å². The number of aromatic nitrogens is 3. The Morgan fingerprint density at radius 1 is 0.716 bits per heavy atom. The molecule has 0 unspecified atom stereocenters. The van der Waals surface area contributed by atoms with Crippen LogP contribution in [0.15, 0.2) is 170 Å². The number of phenolic OH excluding ortho intramolecular Hbond substituents is 1. The molecule has 116 heavy (non-hydrogen) atoms. The van der Waals surface area contributed by atoms with E-state index in [4.69, 9.17) is 33.2 Å². The van der Waals surface area contributed by atoms with Gasteiger partial charge >= 0.3 is 18.1 Å². The van der Waals surface area contributed by atoms with E-state index >= 15 is 0 Å². The largest absolute Gasteiger partial charge is 0.508 e. The second-order valence-corrected chi connectivity index (χ2v) is 32.2. The number of phenols is 1. The number of alkyl halides is 5. The van der Waals surface area contributed by atoms with E-state index in [-0.39, 0.29) is 47.6 Å². The Balaban J connectivity index is 0.000000156. The smallest absolute Gasteiger partial charge is 0.417 e. The van der Waals surface area contributed by atoms with Gasteiger partial charge < -0.3 is 64.2 Å². The Bertz CT molecular complexity index is 4900. The molecule has 5 fully saturated rings. The average molecular weight is 1600 g/mol. The monoisotopic (exact) mass is 1600 g/mol. The van der Waals surface area contributed by atoms with Crippen molar-refractivity contribution in [1.29, 1.82) is 0 Å². The Labute approximate surface area is 671 Å². The molecule has 6 heterocycles. The molecule has 26 heteroatoms. The summed E-state index contributed by atoms with van der Waals surface area (Å²) >= 11 is 0. The third-order valence-corrected chi connectivity index (χ3v) is 22.3. The third kappa shape index (κ3) is 20.5. The van der Waals surface area contributed by atoms with Crippen molar-refractivity contribution < 1.29 is 89.3 Å². The van der Waals surface area contributed by atoms with Crippen molar-refractivity contribution in [2.24, 2.45) is 5.92 Å². The van der Waals surface area contributed by atoms with E-state index in [2.05, 4.69) is 56.9 Å². The minimum absolute atomic E-state index is 0.0313. The average Bonchev–Trinajstić information content (AvgIpc) is 1.16. The lowest BCUT2D eigenvalue weighted by Crippen LogP contribution is -2.49. The van der Waals surface area contributed by atoms with Gasteiger partial charge in [-0.2, -0.15) is 27.1 Å². The van der Waals surface area contributed by atoms with Crippen LogP contribution in [0.25, 0.3) is 22.7 Å². The number of carbonyl (C=O) groups is 5.